The van der Waals surface area contributed by atoms with Crippen molar-refractivity contribution in [3.63, 3.8) is 0 Å². The third-order valence-corrected chi connectivity index (χ3v) is 3.41. The number of rotatable bonds is 2. The van der Waals surface area contributed by atoms with Crippen LogP contribution >= 0.6 is 0 Å². The highest BCUT2D eigenvalue weighted by molar-refractivity contribution is 6.03. The number of fused-ring (bicyclic) bond motifs is 1. The normalized spacial score (nSPS) is 18.1. The van der Waals surface area contributed by atoms with Gasteiger partial charge < -0.3 is 5.73 Å². The number of urea groups is 1. The Morgan fingerprint density at radius 1 is 1.25 bits per heavy atom. The van der Waals surface area contributed by atoms with Gasteiger partial charge in [0.15, 0.2) is 0 Å². The van der Waals surface area contributed by atoms with Crippen LogP contribution in [0.15, 0.2) is 47.5 Å². The number of aliphatic imine (C=N–C) groups is 1. The standard InChI is InChI=1S/C16H13N3O/c1-2-9-19-14(15(17)18-16(19)20)13-8-7-11-5-3-4-6-12(11)10-13/h1,3-8,10,14H,9H2,(H2,17,18,20). The highest BCUT2D eigenvalue weighted by atomic mass is 16.2. The average Bonchev–Trinajstić information content (AvgIpc) is 2.73. The molecule has 4 nitrogen and oxygen atoms in total. The monoisotopic (exact) mass is 263 g/mol. The first kappa shape index (κ1) is 12.2. The van der Waals surface area contributed by atoms with Crippen molar-refractivity contribution in [1.29, 1.82) is 0 Å². The first-order chi connectivity index (χ1) is 9.70. The molecule has 0 aliphatic carbocycles. The lowest BCUT2D eigenvalue weighted by Crippen LogP contribution is -2.33. The molecule has 0 fully saturated rings. The van der Waals surface area contributed by atoms with E-state index in [0.29, 0.717) is 5.84 Å². The van der Waals surface area contributed by atoms with Crippen LogP contribution in [0.1, 0.15) is 11.6 Å². The molecule has 20 heavy (non-hydrogen) atoms. The maximum Gasteiger partial charge on any atom is 0.346 e. The molecule has 0 bridgehead atoms. The van der Waals surface area contributed by atoms with E-state index in [1.807, 2.05) is 42.5 Å². The minimum Gasteiger partial charge on any atom is -0.385 e. The topological polar surface area (TPSA) is 58.7 Å². The summed E-state index contributed by atoms with van der Waals surface area (Å²) in [5.74, 6) is 2.77. The van der Waals surface area contributed by atoms with E-state index >= 15 is 0 Å². The van der Waals surface area contributed by atoms with Gasteiger partial charge in [0.25, 0.3) is 0 Å². The Morgan fingerprint density at radius 3 is 2.75 bits per heavy atom. The van der Waals surface area contributed by atoms with Crippen LogP contribution in [0.2, 0.25) is 0 Å². The predicted octanol–water partition coefficient (Wildman–Crippen LogP) is 2.31. The van der Waals surface area contributed by atoms with Crippen molar-refractivity contribution in [1.82, 2.24) is 4.90 Å². The second-order valence-electron chi connectivity index (χ2n) is 4.66. The molecule has 2 amide bonds. The number of terminal acetylenes is 1. The van der Waals surface area contributed by atoms with Gasteiger partial charge in [-0.25, -0.2) is 4.79 Å². The summed E-state index contributed by atoms with van der Waals surface area (Å²) in [4.78, 5) is 17.1. The van der Waals surface area contributed by atoms with E-state index in [0.717, 1.165) is 16.3 Å². The Balaban J connectivity index is 2.07. The van der Waals surface area contributed by atoms with E-state index < -0.39 is 0 Å². The summed E-state index contributed by atoms with van der Waals surface area (Å²) >= 11 is 0. The van der Waals surface area contributed by atoms with Crippen LogP contribution in [0, 0.1) is 12.3 Å². The Kier molecular flexibility index (Phi) is 2.88. The van der Waals surface area contributed by atoms with Gasteiger partial charge in [-0.15, -0.1) is 6.42 Å². The average molecular weight is 263 g/mol. The van der Waals surface area contributed by atoms with Crippen LogP contribution in [0.3, 0.4) is 0 Å². The van der Waals surface area contributed by atoms with E-state index in [1.54, 1.807) is 0 Å². The molecular formula is C16H13N3O. The molecule has 2 N–H and O–H groups in total. The lowest BCUT2D eigenvalue weighted by atomic mass is 10.0. The largest absolute Gasteiger partial charge is 0.385 e. The summed E-state index contributed by atoms with van der Waals surface area (Å²) in [6.07, 6.45) is 5.31. The van der Waals surface area contributed by atoms with Crippen LogP contribution in [-0.4, -0.2) is 23.3 Å². The van der Waals surface area contributed by atoms with Crippen LogP contribution in [0.25, 0.3) is 10.8 Å². The zero-order valence-electron chi connectivity index (χ0n) is 10.8. The third-order valence-electron chi connectivity index (χ3n) is 3.41. The molecule has 1 aliphatic rings. The predicted molar refractivity (Wildman–Crippen MR) is 79.2 cm³/mol. The molecule has 98 valence electrons. The summed E-state index contributed by atoms with van der Waals surface area (Å²) in [7, 11) is 0. The number of carbonyl (C=O) groups excluding carboxylic acids is 1. The minimum absolute atomic E-state index is 0.195. The fourth-order valence-electron chi connectivity index (χ4n) is 2.49. The van der Waals surface area contributed by atoms with Gasteiger partial charge >= 0.3 is 6.03 Å². The molecule has 2 aromatic carbocycles. The molecule has 4 heteroatoms. The molecule has 0 spiro atoms. The Hall–Kier alpha value is -2.80. The number of benzene rings is 2. The van der Waals surface area contributed by atoms with Crippen LogP contribution in [0.5, 0.6) is 0 Å². The molecule has 0 radical (unpaired) electrons. The lowest BCUT2D eigenvalue weighted by Gasteiger charge is -2.22. The zero-order valence-corrected chi connectivity index (χ0v) is 10.8. The second-order valence-corrected chi connectivity index (χ2v) is 4.66. The van der Waals surface area contributed by atoms with Crippen molar-refractivity contribution in [2.45, 2.75) is 6.04 Å². The highest BCUT2D eigenvalue weighted by Gasteiger charge is 2.33. The highest BCUT2D eigenvalue weighted by Crippen LogP contribution is 2.28. The number of amides is 2. The molecule has 1 unspecified atom stereocenters. The number of carbonyl (C=O) groups is 1. The fraction of sp³-hybridized carbons (Fsp3) is 0.125. The fourth-order valence-corrected chi connectivity index (χ4v) is 2.49. The summed E-state index contributed by atoms with van der Waals surface area (Å²) in [5, 5.41) is 2.23. The number of nitrogens with zero attached hydrogens (tertiary/aromatic N) is 2. The molecule has 1 atom stereocenters. The van der Waals surface area contributed by atoms with Crippen molar-refractivity contribution in [2.75, 3.05) is 6.54 Å². The third kappa shape index (κ3) is 1.90. The SMILES string of the molecule is C#CCN1C(=O)N=C(N)C1c1ccc2ccccc2c1. The number of nitrogens with two attached hydrogens (primary N) is 1. The van der Waals surface area contributed by atoms with Crippen molar-refractivity contribution < 1.29 is 4.79 Å². The Morgan fingerprint density at radius 2 is 2.00 bits per heavy atom. The molecule has 1 heterocycles. The molecular weight excluding hydrogens is 250 g/mol. The van der Waals surface area contributed by atoms with Crippen molar-refractivity contribution in [3.8, 4) is 12.3 Å². The maximum atomic E-state index is 11.8. The van der Waals surface area contributed by atoms with Gasteiger partial charge in [0.1, 0.15) is 11.9 Å². The Bertz CT molecular complexity index is 758. The van der Waals surface area contributed by atoms with E-state index in [4.69, 9.17) is 12.2 Å². The van der Waals surface area contributed by atoms with E-state index in [-0.39, 0.29) is 18.6 Å². The van der Waals surface area contributed by atoms with Crippen LogP contribution in [0.4, 0.5) is 4.79 Å². The zero-order chi connectivity index (χ0) is 14.1. The lowest BCUT2D eigenvalue weighted by molar-refractivity contribution is 0.213. The smallest absolute Gasteiger partial charge is 0.346 e. The van der Waals surface area contributed by atoms with E-state index in [1.165, 1.54) is 4.90 Å². The summed E-state index contributed by atoms with van der Waals surface area (Å²) < 4.78 is 0. The van der Waals surface area contributed by atoms with E-state index in [2.05, 4.69) is 10.9 Å². The molecule has 3 rings (SSSR count). The molecule has 1 aliphatic heterocycles. The summed E-state index contributed by atoms with van der Waals surface area (Å²) in [6, 6.07) is 13.3. The van der Waals surface area contributed by atoms with Gasteiger partial charge in [-0.05, 0) is 22.4 Å². The molecule has 0 aromatic heterocycles. The second kappa shape index (κ2) is 4.71. The number of hydrogen-bond donors (Lipinski definition) is 1. The van der Waals surface area contributed by atoms with Crippen LogP contribution < -0.4 is 5.73 Å². The maximum absolute atomic E-state index is 11.8. The van der Waals surface area contributed by atoms with Gasteiger partial charge in [-0.3, -0.25) is 4.90 Å². The number of hydrogen-bond acceptors (Lipinski definition) is 2. The van der Waals surface area contributed by atoms with Gasteiger partial charge in [0, 0.05) is 0 Å². The van der Waals surface area contributed by atoms with E-state index in [9.17, 15) is 4.79 Å². The summed E-state index contributed by atoms with van der Waals surface area (Å²) in [6.45, 7) is 0.195. The first-order valence-corrected chi connectivity index (χ1v) is 6.27. The Labute approximate surface area is 116 Å². The number of amidine groups is 1. The quantitative estimate of drug-likeness (QED) is 0.845. The van der Waals surface area contributed by atoms with Gasteiger partial charge in [-0.1, -0.05) is 42.3 Å². The summed E-state index contributed by atoms with van der Waals surface area (Å²) in [5.41, 5.74) is 6.81. The molecule has 0 saturated heterocycles. The van der Waals surface area contributed by atoms with Gasteiger partial charge in [0.2, 0.25) is 0 Å². The van der Waals surface area contributed by atoms with Crippen molar-refractivity contribution in [2.24, 2.45) is 10.7 Å². The minimum atomic E-state index is -0.376. The van der Waals surface area contributed by atoms with Gasteiger partial charge in [-0.2, -0.15) is 4.99 Å². The van der Waals surface area contributed by atoms with Gasteiger partial charge in [0.05, 0.1) is 6.54 Å². The van der Waals surface area contributed by atoms with Crippen LogP contribution in [-0.2, 0) is 0 Å². The first-order valence-electron chi connectivity index (χ1n) is 6.27. The molecule has 0 saturated carbocycles. The van der Waals surface area contributed by atoms with Crippen molar-refractivity contribution >= 4 is 22.6 Å². The molecule has 2 aromatic rings. The van der Waals surface area contributed by atoms with Crippen molar-refractivity contribution in [3.05, 3.63) is 48.0 Å².